The fraction of sp³-hybridized carbons (Fsp3) is 0.273. The summed E-state index contributed by atoms with van der Waals surface area (Å²) >= 11 is 0. The Morgan fingerprint density at radius 1 is 1.15 bits per heavy atom. The van der Waals surface area contributed by atoms with Crippen LogP contribution < -0.4 is 10.1 Å². The van der Waals surface area contributed by atoms with Crippen molar-refractivity contribution >= 4 is 28.5 Å². The Morgan fingerprint density at radius 2 is 1.85 bits per heavy atom. The van der Waals surface area contributed by atoms with Crippen LogP contribution in [0.5, 0.6) is 5.75 Å². The number of carbonyl (C=O) groups excluding carboxylic acids is 2. The van der Waals surface area contributed by atoms with E-state index in [0.717, 1.165) is 16.5 Å². The average molecular weight is 365 g/mol. The minimum absolute atomic E-state index is 0.126. The molecular formula is C22H23NO4. The molecule has 1 amide bonds. The van der Waals surface area contributed by atoms with Crippen LogP contribution in [0.1, 0.15) is 43.4 Å². The second-order valence-corrected chi connectivity index (χ2v) is 6.98. The van der Waals surface area contributed by atoms with Gasteiger partial charge in [-0.05, 0) is 60.4 Å². The minimum atomic E-state index is -0.364. The molecule has 1 heterocycles. The van der Waals surface area contributed by atoms with Gasteiger partial charge in [-0.25, -0.2) is 0 Å². The third kappa shape index (κ3) is 4.37. The number of carbonyl (C=O) groups is 2. The number of hydrogen-bond acceptors (Lipinski definition) is 4. The Labute approximate surface area is 158 Å². The first-order chi connectivity index (χ1) is 12.8. The molecule has 140 valence electrons. The van der Waals surface area contributed by atoms with Crippen LogP contribution in [0.4, 0.5) is 5.69 Å². The van der Waals surface area contributed by atoms with E-state index in [2.05, 4.69) is 32.2 Å². The molecule has 0 saturated heterocycles. The van der Waals surface area contributed by atoms with Crippen LogP contribution >= 0.6 is 0 Å². The van der Waals surface area contributed by atoms with Crippen molar-refractivity contribution in [1.29, 1.82) is 0 Å². The van der Waals surface area contributed by atoms with Crippen LogP contribution in [0.25, 0.3) is 11.0 Å². The highest BCUT2D eigenvalue weighted by Crippen LogP contribution is 2.29. The van der Waals surface area contributed by atoms with E-state index in [1.54, 1.807) is 30.5 Å². The van der Waals surface area contributed by atoms with Crippen molar-refractivity contribution in [2.75, 3.05) is 5.32 Å². The van der Waals surface area contributed by atoms with Crippen LogP contribution in [-0.2, 0) is 16.0 Å². The zero-order valence-corrected chi connectivity index (χ0v) is 16.0. The molecule has 0 aliphatic carbocycles. The lowest BCUT2D eigenvalue weighted by molar-refractivity contribution is -0.133. The fourth-order valence-corrected chi connectivity index (χ4v) is 3.14. The maximum absolute atomic E-state index is 12.3. The first-order valence-electron chi connectivity index (χ1n) is 8.92. The molecule has 0 saturated carbocycles. The average Bonchev–Trinajstić information content (AvgIpc) is 2.96. The van der Waals surface area contributed by atoms with Crippen molar-refractivity contribution in [3.05, 3.63) is 59.4 Å². The summed E-state index contributed by atoms with van der Waals surface area (Å²) in [7, 11) is 0. The quantitative estimate of drug-likeness (QED) is 0.512. The van der Waals surface area contributed by atoms with Gasteiger partial charge in [-0.2, -0.15) is 0 Å². The first kappa shape index (κ1) is 18.7. The summed E-state index contributed by atoms with van der Waals surface area (Å²) < 4.78 is 11.0. The highest BCUT2D eigenvalue weighted by Gasteiger charge is 2.15. The summed E-state index contributed by atoms with van der Waals surface area (Å²) in [5.41, 5.74) is 4.66. The Bertz CT molecular complexity index is 983. The van der Waals surface area contributed by atoms with Gasteiger partial charge < -0.3 is 14.5 Å². The molecule has 3 rings (SSSR count). The normalized spacial score (nSPS) is 11.0. The number of aryl methyl sites for hydroxylation is 1. The summed E-state index contributed by atoms with van der Waals surface area (Å²) in [6, 6.07) is 10.8. The van der Waals surface area contributed by atoms with Gasteiger partial charge in [0, 0.05) is 23.6 Å². The lowest BCUT2D eigenvalue weighted by Crippen LogP contribution is -2.11. The summed E-state index contributed by atoms with van der Waals surface area (Å²) in [5, 5.41) is 3.62. The Balaban J connectivity index is 1.74. The molecule has 5 heteroatoms. The second kappa shape index (κ2) is 7.66. The zero-order valence-electron chi connectivity index (χ0n) is 16.0. The highest BCUT2D eigenvalue weighted by molar-refractivity contribution is 5.89. The molecule has 0 bridgehead atoms. The van der Waals surface area contributed by atoms with E-state index >= 15 is 0 Å². The molecule has 1 aromatic heterocycles. The van der Waals surface area contributed by atoms with Crippen molar-refractivity contribution in [3.8, 4) is 5.75 Å². The van der Waals surface area contributed by atoms with Crippen LogP contribution in [0.3, 0.4) is 0 Å². The van der Waals surface area contributed by atoms with Gasteiger partial charge in [0.05, 0.1) is 12.7 Å². The lowest BCUT2D eigenvalue weighted by Gasteiger charge is -2.10. The number of esters is 1. The number of anilines is 1. The van der Waals surface area contributed by atoms with E-state index in [1.165, 1.54) is 18.1 Å². The molecule has 3 aromatic rings. The predicted octanol–water partition coefficient (Wildman–Crippen LogP) is 4.97. The molecule has 0 spiro atoms. The monoisotopic (exact) mass is 365 g/mol. The number of rotatable bonds is 5. The van der Waals surface area contributed by atoms with Crippen molar-refractivity contribution in [2.45, 2.75) is 40.0 Å². The SMILES string of the molecule is CC(=O)Nc1ccc(OC(=O)Cc2coc3cc(C)c(C(C)C)cc23)cc1. The molecule has 1 N–H and O–H groups in total. The molecular weight excluding hydrogens is 342 g/mol. The Hall–Kier alpha value is -3.08. The van der Waals surface area contributed by atoms with E-state index in [4.69, 9.17) is 9.15 Å². The fourth-order valence-electron chi connectivity index (χ4n) is 3.14. The molecule has 0 fully saturated rings. The van der Waals surface area contributed by atoms with Gasteiger partial charge in [0.15, 0.2) is 0 Å². The molecule has 0 aliphatic heterocycles. The summed E-state index contributed by atoms with van der Waals surface area (Å²) in [5.74, 6) is 0.311. The summed E-state index contributed by atoms with van der Waals surface area (Å²) in [6.07, 6.45) is 1.75. The van der Waals surface area contributed by atoms with Crippen LogP contribution in [0.15, 0.2) is 47.1 Å². The van der Waals surface area contributed by atoms with Crippen LogP contribution in [-0.4, -0.2) is 11.9 Å². The van der Waals surface area contributed by atoms with E-state index in [-0.39, 0.29) is 18.3 Å². The van der Waals surface area contributed by atoms with Crippen molar-refractivity contribution in [2.24, 2.45) is 0 Å². The molecule has 2 aromatic carbocycles. The van der Waals surface area contributed by atoms with Gasteiger partial charge in [-0.15, -0.1) is 0 Å². The first-order valence-corrected chi connectivity index (χ1v) is 8.92. The number of amides is 1. The van der Waals surface area contributed by atoms with Gasteiger partial charge in [0.25, 0.3) is 0 Å². The molecule has 27 heavy (non-hydrogen) atoms. The van der Waals surface area contributed by atoms with E-state index in [0.29, 0.717) is 17.4 Å². The van der Waals surface area contributed by atoms with E-state index in [9.17, 15) is 9.59 Å². The number of benzene rings is 2. The number of furan rings is 1. The third-order valence-electron chi connectivity index (χ3n) is 4.41. The molecule has 0 unspecified atom stereocenters. The van der Waals surface area contributed by atoms with Crippen LogP contribution in [0.2, 0.25) is 0 Å². The number of fused-ring (bicyclic) bond motifs is 1. The maximum atomic E-state index is 12.3. The summed E-state index contributed by atoms with van der Waals surface area (Å²) in [4.78, 5) is 23.4. The Kier molecular flexibility index (Phi) is 5.31. The molecule has 0 aliphatic rings. The highest BCUT2D eigenvalue weighted by atomic mass is 16.5. The Morgan fingerprint density at radius 3 is 2.48 bits per heavy atom. The predicted molar refractivity (Wildman–Crippen MR) is 105 cm³/mol. The van der Waals surface area contributed by atoms with Gasteiger partial charge in [0.2, 0.25) is 5.91 Å². The standard InChI is InChI=1S/C22H23NO4/c1-13(2)19-11-20-16(12-26-21(20)9-14(19)3)10-22(25)27-18-7-5-17(6-8-18)23-15(4)24/h5-9,11-13H,10H2,1-4H3,(H,23,24). The van der Waals surface area contributed by atoms with Gasteiger partial charge in [-0.3, -0.25) is 9.59 Å². The van der Waals surface area contributed by atoms with Gasteiger partial charge in [-0.1, -0.05) is 13.8 Å². The van der Waals surface area contributed by atoms with Crippen molar-refractivity contribution in [3.63, 3.8) is 0 Å². The van der Waals surface area contributed by atoms with E-state index < -0.39 is 0 Å². The molecule has 5 nitrogen and oxygen atoms in total. The minimum Gasteiger partial charge on any atom is -0.464 e. The molecule has 0 radical (unpaired) electrons. The summed E-state index contributed by atoms with van der Waals surface area (Å²) in [6.45, 7) is 7.80. The lowest BCUT2D eigenvalue weighted by atomic mass is 9.95. The smallest absolute Gasteiger partial charge is 0.315 e. The van der Waals surface area contributed by atoms with Crippen molar-refractivity contribution in [1.82, 2.24) is 0 Å². The third-order valence-corrected chi connectivity index (χ3v) is 4.41. The second-order valence-electron chi connectivity index (χ2n) is 6.98. The largest absolute Gasteiger partial charge is 0.464 e. The zero-order chi connectivity index (χ0) is 19.6. The van der Waals surface area contributed by atoms with E-state index in [1.807, 2.05) is 6.07 Å². The van der Waals surface area contributed by atoms with Crippen LogP contribution in [0, 0.1) is 6.92 Å². The number of nitrogens with one attached hydrogen (secondary N) is 1. The van der Waals surface area contributed by atoms with Gasteiger partial charge >= 0.3 is 5.97 Å². The molecule has 0 atom stereocenters. The number of hydrogen-bond donors (Lipinski definition) is 1. The van der Waals surface area contributed by atoms with Gasteiger partial charge in [0.1, 0.15) is 11.3 Å². The topological polar surface area (TPSA) is 68.5 Å². The maximum Gasteiger partial charge on any atom is 0.315 e. The number of ether oxygens (including phenoxy) is 1. The van der Waals surface area contributed by atoms with Crippen molar-refractivity contribution < 1.29 is 18.7 Å².